The van der Waals surface area contributed by atoms with Gasteiger partial charge in [0.1, 0.15) is 4.90 Å². The molecule has 0 radical (unpaired) electrons. The highest BCUT2D eigenvalue weighted by Crippen LogP contribution is 2.44. The van der Waals surface area contributed by atoms with Crippen molar-refractivity contribution in [3.8, 4) is 17.0 Å². The number of hydrogen-bond donors (Lipinski definition) is 1. The second kappa shape index (κ2) is 10.2. The molecule has 2 aliphatic rings. The van der Waals surface area contributed by atoms with E-state index in [0.29, 0.717) is 16.7 Å². The van der Waals surface area contributed by atoms with Gasteiger partial charge in [0.2, 0.25) is 5.88 Å². The molecule has 0 bridgehead atoms. The molecule has 4 rings (SSSR count). The fourth-order valence-corrected chi connectivity index (χ4v) is 6.41. The van der Waals surface area contributed by atoms with Crippen LogP contribution >= 0.6 is 0 Å². The lowest BCUT2D eigenvalue weighted by molar-refractivity contribution is -0.154. The number of ether oxygens (including phenoxy) is 1. The Bertz CT molecular complexity index is 1050. The van der Waals surface area contributed by atoms with Crippen LogP contribution in [0.25, 0.3) is 11.1 Å². The number of pyridine rings is 1. The lowest BCUT2D eigenvalue weighted by Crippen LogP contribution is -2.19. The first-order chi connectivity index (χ1) is 16.1. The summed E-state index contributed by atoms with van der Waals surface area (Å²) in [6, 6.07) is 6.66. The second-order valence-corrected chi connectivity index (χ2v) is 10.8. The van der Waals surface area contributed by atoms with Crippen molar-refractivity contribution in [2.75, 3.05) is 6.61 Å². The fraction of sp³-hybridized carbons (Fsp3) is 0.560. The second-order valence-electron chi connectivity index (χ2n) is 9.42. The monoisotopic (exact) mass is 497 g/mol. The molecule has 0 atom stereocenters. The number of hydrogen-bond acceptors (Lipinski definition) is 4. The van der Waals surface area contributed by atoms with Crippen LogP contribution in [-0.4, -0.2) is 30.7 Å². The molecule has 5 nitrogen and oxygen atoms in total. The summed E-state index contributed by atoms with van der Waals surface area (Å²) >= 11 is 0. The molecule has 0 unspecified atom stereocenters. The minimum Gasteiger partial charge on any atom is -0.468 e. The van der Waals surface area contributed by atoms with E-state index in [1.54, 1.807) is 6.07 Å². The molecule has 1 heterocycles. The van der Waals surface area contributed by atoms with Crippen LogP contribution in [-0.2, 0) is 10.1 Å². The Balaban J connectivity index is 1.78. The molecule has 34 heavy (non-hydrogen) atoms. The molecule has 186 valence electrons. The maximum absolute atomic E-state index is 12.6. The summed E-state index contributed by atoms with van der Waals surface area (Å²) in [5.74, 6) is -0.0544. The number of alkyl halides is 3. The van der Waals surface area contributed by atoms with Gasteiger partial charge < -0.3 is 4.74 Å². The Morgan fingerprint density at radius 1 is 0.882 bits per heavy atom. The molecular weight excluding hydrogens is 467 g/mol. The average molecular weight is 498 g/mol. The van der Waals surface area contributed by atoms with Crippen LogP contribution < -0.4 is 4.74 Å². The number of rotatable bonds is 6. The van der Waals surface area contributed by atoms with Gasteiger partial charge in [0.25, 0.3) is 10.1 Å². The molecule has 0 aliphatic heterocycles. The van der Waals surface area contributed by atoms with Gasteiger partial charge in [-0.3, -0.25) is 4.55 Å². The standard InChI is InChI=1S/C25H30F3NO4S/c26-25(27,28)16-33-23-12-11-19(15-29-23)20-13-21(17-7-3-1-4-8-17)24(34(30,31)32)22(14-20)18-9-5-2-6-10-18/h11-15,17-18H,1-10,16H2,(H,30,31,32). The Morgan fingerprint density at radius 3 is 1.82 bits per heavy atom. The first-order valence-corrected chi connectivity index (χ1v) is 13.4. The summed E-state index contributed by atoms with van der Waals surface area (Å²) in [5.41, 5.74) is 2.72. The zero-order chi connectivity index (χ0) is 24.3. The van der Waals surface area contributed by atoms with Crippen LogP contribution in [0, 0.1) is 0 Å². The first kappa shape index (κ1) is 25.0. The van der Waals surface area contributed by atoms with Crippen molar-refractivity contribution in [3.63, 3.8) is 0 Å². The SMILES string of the molecule is O=S(=O)(O)c1c(C2CCCCC2)cc(-c2ccc(OCC(F)(F)F)nc2)cc1C1CCCCC1. The van der Waals surface area contributed by atoms with E-state index in [4.69, 9.17) is 4.74 Å². The lowest BCUT2D eigenvalue weighted by Gasteiger charge is -2.29. The van der Waals surface area contributed by atoms with E-state index in [9.17, 15) is 26.1 Å². The van der Waals surface area contributed by atoms with E-state index in [2.05, 4.69) is 4.98 Å². The smallest absolute Gasteiger partial charge is 0.422 e. The highest BCUT2D eigenvalue weighted by molar-refractivity contribution is 7.86. The van der Waals surface area contributed by atoms with E-state index in [1.165, 1.54) is 12.3 Å². The van der Waals surface area contributed by atoms with Crippen molar-refractivity contribution >= 4 is 10.1 Å². The predicted octanol–water partition coefficient (Wildman–Crippen LogP) is 7.03. The average Bonchev–Trinajstić information content (AvgIpc) is 2.82. The summed E-state index contributed by atoms with van der Waals surface area (Å²) in [5, 5.41) is 0. The van der Waals surface area contributed by atoms with E-state index in [0.717, 1.165) is 69.8 Å². The molecule has 1 N–H and O–H groups in total. The quantitative estimate of drug-likeness (QED) is 0.434. The summed E-state index contributed by atoms with van der Waals surface area (Å²) in [6.45, 7) is -1.42. The minimum atomic E-state index is -4.45. The van der Waals surface area contributed by atoms with Crippen LogP contribution in [0.1, 0.15) is 87.2 Å². The molecule has 2 aromatic rings. The molecule has 2 saturated carbocycles. The van der Waals surface area contributed by atoms with Crippen LogP contribution in [0.4, 0.5) is 13.2 Å². The van der Waals surface area contributed by atoms with Gasteiger partial charge in [-0.2, -0.15) is 21.6 Å². The third-order valence-electron chi connectivity index (χ3n) is 6.95. The van der Waals surface area contributed by atoms with Crippen molar-refractivity contribution in [2.24, 2.45) is 0 Å². The summed E-state index contributed by atoms with van der Waals surface area (Å²) in [4.78, 5) is 4.09. The summed E-state index contributed by atoms with van der Waals surface area (Å²) in [7, 11) is -4.43. The normalized spacial score (nSPS) is 18.7. The van der Waals surface area contributed by atoms with Crippen molar-refractivity contribution in [3.05, 3.63) is 41.6 Å². The topological polar surface area (TPSA) is 76.5 Å². The highest BCUT2D eigenvalue weighted by Gasteiger charge is 2.31. The maximum atomic E-state index is 12.6. The molecule has 2 fully saturated rings. The Morgan fingerprint density at radius 2 is 1.41 bits per heavy atom. The molecule has 1 aromatic heterocycles. The van der Waals surface area contributed by atoms with Gasteiger partial charge in [-0.1, -0.05) is 38.5 Å². The van der Waals surface area contributed by atoms with Gasteiger partial charge in [-0.15, -0.1) is 0 Å². The van der Waals surface area contributed by atoms with Crippen LogP contribution in [0.15, 0.2) is 35.4 Å². The molecule has 0 spiro atoms. The third kappa shape index (κ3) is 6.10. The van der Waals surface area contributed by atoms with Crippen molar-refractivity contribution in [2.45, 2.75) is 87.1 Å². The number of halogens is 3. The Kier molecular flexibility index (Phi) is 7.52. The van der Waals surface area contributed by atoms with Gasteiger partial charge in [0.15, 0.2) is 6.61 Å². The predicted molar refractivity (Wildman–Crippen MR) is 123 cm³/mol. The summed E-state index contributed by atoms with van der Waals surface area (Å²) < 4.78 is 77.6. The molecule has 2 aliphatic carbocycles. The molecule has 1 aromatic carbocycles. The molecule has 9 heteroatoms. The zero-order valence-electron chi connectivity index (χ0n) is 19.0. The van der Waals surface area contributed by atoms with Gasteiger partial charge in [-0.05, 0) is 72.4 Å². The van der Waals surface area contributed by atoms with Gasteiger partial charge in [0.05, 0.1) is 0 Å². The fourth-order valence-electron chi connectivity index (χ4n) is 5.36. The Labute approximate surface area is 198 Å². The van der Waals surface area contributed by atoms with E-state index in [1.807, 2.05) is 12.1 Å². The van der Waals surface area contributed by atoms with Crippen LogP contribution in [0.3, 0.4) is 0 Å². The van der Waals surface area contributed by atoms with Gasteiger partial charge in [0, 0.05) is 17.8 Å². The molecule has 0 saturated heterocycles. The van der Waals surface area contributed by atoms with Crippen molar-refractivity contribution in [1.82, 2.24) is 4.98 Å². The van der Waals surface area contributed by atoms with E-state index in [-0.39, 0.29) is 22.6 Å². The number of nitrogens with zero attached hydrogens (tertiary/aromatic N) is 1. The third-order valence-corrected chi connectivity index (χ3v) is 7.94. The number of benzene rings is 1. The minimum absolute atomic E-state index is 0.0373. The maximum Gasteiger partial charge on any atom is 0.422 e. The molecular formula is C25H30F3NO4S. The van der Waals surface area contributed by atoms with Crippen LogP contribution in [0.5, 0.6) is 5.88 Å². The number of aromatic nitrogens is 1. The lowest BCUT2D eigenvalue weighted by atomic mass is 9.78. The van der Waals surface area contributed by atoms with Crippen molar-refractivity contribution < 1.29 is 30.9 Å². The van der Waals surface area contributed by atoms with Gasteiger partial charge >= 0.3 is 6.18 Å². The first-order valence-electron chi connectivity index (χ1n) is 11.9. The highest BCUT2D eigenvalue weighted by atomic mass is 32.2. The Hall–Kier alpha value is -2.13. The van der Waals surface area contributed by atoms with E-state index >= 15 is 0 Å². The largest absolute Gasteiger partial charge is 0.468 e. The van der Waals surface area contributed by atoms with Crippen LogP contribution in [0.2, 0.25) is 0 Å². The van der Waals surface area contributed by atoms with E-state index < -0.39 is 22.9 Å². The van der Waals surface area contributed by atoms with Crippen molar-refractivity contribution in [1.29, 1.82) is 0 Å². The molecule has 0 amide bonds. The summed E-state index contributed by atoms with van der Waals surface area (Å²) in [6.07, 6.45) is 6.67. The zero-order valence-corrected chi connectivity index (χ0v) is 19.8. The van der Waals surface area contributed by atoms with Gasteiger partial charge in [-0.25, -0.2) is 4.98 Å².